The zero-order valence-electron chi connectivity index (χ0n) is 14.3. The largest absolute Gasteiger partial charge is 0.327 e. The molecule has 1 rings (SSSR count). The molecule has 0 aromatic carbocycles. The maximum Gasteiger partial charge on any atom is 0.0112 e. The molecule has 0 spiro atoms. The van der Waals surface area contributed by atoms with Crippen LogP contribution in [-0.4, -0.2) is 6.54 Å². The Morgan fingerprint density at radius 3 is 2.76 bits per heavy atom. The first-order valence-corrected chi connectivity index (χ1v) is 7.96. The summed E-state index contributed by atoms with van der Waals surface area (Å²) >= 11 is 0. The molecule has 1 heteroatoms. The Bertz CT molecular complexity index is 484. The number of hydrogen-bond donors (Lipinski definition) is 1. The Morgan fingerprint density at radius 1 is 1.43 bits per heavy atom. The molecule has 0 aromatic heterocycles. The SMILES string of the molecule is CC1=C(/C=C/C(C)C/C=C/C(C)=C/CN)C(C)(C)CC=C1. The van der Waals surface area contributed by atoms with Crippen molar-refractivity contribution in [2.75, 3.05) is 6.54 Å². The van der Waals surface area contributed by atoms with Gasteiger partial charge in [0, 0.05) is 6.54 Å². The van der Waals surface area contributed by atoms with Crippen molar-refractivity contribution in [1.29, 1.82) is 0 Å². The Labute approximate surface area is 131 Å². The van der Waals surface area contributed by atoms with Crippen molar-refractivity contribution in [1.82, 2.24) is 0 Å². The topological polar surface area (TPSA) is 26.0 Å². The monoisotopic (exact) mass is 285 g/mol. The minimum atomic E-state index is 0.255. The van der Waals surface area contributed by atoms with Gasteiger partial charge in [0.1, 0.15) is 0 Å². The van der Waals surface area contributed by atoms with Gasteiger partial charge in [-0.05, 0) is 49.2 Å². The Balaban J connectivity index is 2.64. The van der Waals surface area contributed by atoms with E-state index in [1.807, 2.05) is 6.08 Å². The van der Waals surface area contributed by atoms with Crippen LogP contribution in [-0.2, 0) is 0 Å². The fraction of sp³-hybridized carbons (Fsp3) is 0.500. The van der Waals surface area contributed by atoms with Crippen LogP contribution < -0.4 is 5.73 Å². The molecule has 1 unspecified atom stereocenters. The summed E-state index contributed by atoms with van der Waals surface area (Å²) in [5.74, 6) is 0.550. The molecule has 1 aliphatic rings. The van der Waals surface area contributed by atoms with Crippen LogP contribution in [0.1, 0.15) is 47.5 Å². The van der Waals surface area contributed by atoms with Crippen LogP contribution in [0, 0.1) is 11.3 Å². The van der Waals surface area contributed by atoms with Crippen molar-refractivity contribution in [3.05, 3.63) is 59.3 Å². The van der Waals surface area contributed by atoms with E-state index in [-0.39, 0.29) is 5.41 Å². The summed E-state index contributed by atoms with van der Waals surface area (Å²) in [7, 11) is 0. The quantitative estimate of drug-likeness (QED) is 0.656. The van der Waals surface area contributed by atoms with Crippen LogP contribution in [0.25, 0.3) is 0 Å². The predicted molar refractivity (Wildman–Crippen MR) is 95.1 cm³/mol. The summed E-state index contributed by atoms with van der Waals surface area (Å²) < 4.78 is 0. The molecule has 0 amide bonds. The van der Waals surface area contributed by atoms with E-state index < -0.39 is 0 Å². The second-order valence-electron chi connectivity index (χ2n) is 6.75. The van der Waals surface area contributed by atoms with Crippen molar-refractivity contribution in [3.8, 4) is 0 Å². The van der Waals surface area contributed by atoms with Crippen molar-refractivity contribution in [2.45, 2.75) is 47.5 Å². The third-order valence-corrected chi connectivity index (χ3v) is 4.07. The van der Waals surface area contributed by atoms with E-state index in [0.717, 1.165) is 12.8 Å². The molecule has 0 aliphatic heterocycles. The highest BCUT2D eigenvalue weighted by Gasteiger charge is 2.23. The van der Waals surface area contributed by atoms with Gasteiger partial charge in [0.25, 0.3) is 0 Å². The van der Waals surface area contributed by atoms with Gasteiger partial charge in [-0.1, -0.05) is 68.9 Å². The van der Waals surface area contributed by atoms with Crippen LogP contribution in [0.15, 0.2) is 59.3 Å². The normalized spacial score (nSPS) is 20.8. The van der Waals surface area contributed by atoms with Crippen LogP contribution in [0.5, 0.6) is 0 Å². The van der Waals surface area contributed by atoms with Crippen molar-refractivity contribution >= 4 is 0 Å². The second kappa shape index (κ2) is 8.19. The molecule has 116 valence electrons. The molecule has 2 N–H and O–H groups in total. The van der Waals surface area contributed by atoms with E-state index >= 15 is 0 Å². The lowest BCUT2D eigenvalue weighted by atomic mass is 9.75. The van der Waals surface area contributed by atoms with Gasteiger partial charge >= 0.3 is 0 Å². The number of nitrogens with two attached hydrogens (primary N) is 1. The molecular weight excluding hydrogens is 254 g/mol. The predicted octanol–water partition coefficient (Wildman–Crippen LogP) is 5.33. The molecule has 21 heavy (non-hydrogen) atoms. The zero-order chi connectivity index (χ0) is 15.9. The Kier molecular flexibility index (Phi) is 6.91. The molecule has 0 saturated carbocycles. The summed E-state index contributed by atoms with van der Waals surface area (Å²) in [6.45, 7) is 11.8. The smallest absolute Gasteiger partial charge is 0.0112 e. The lowest BCUT2D eigenvalue weighted by Gasteiger charge is -2.29. The van der Waals surface area contributed by atoms with Crippen LogP contribution in [0.2, 0.25) is 0 Å². The summed E-state index contributed by atoms with van der Waals surface area (Å²) in [6, 6.07) is 0. The van der Waals surface area contributed by atoms with E-state index in [1.54, 1.807) is 0 Å². The summed E-state index contributed by atoms with van der Waals surface area (Å²) in [5, 5.41) is 0. The third-order valence-electron chi connectivity index (χ3n) is 4.07. The van der Waals surface area contributed by atoms with Crippen LogP contribution in [0.4, 0.5) is 0 Å². The first kappa shape index (κ1) is 17.7. The standard InChI is InChI=1S/C20H31N/c1-16(8-6-9-17(2)13-15-21)11-12-19-18(3)10-7-14-20(19,4)5/h6-7,9-13,16H,8,14-15,21H2,1-5H3/b9-6+,12-11+,17-13+. The maximum atomic E-state index is 5.50. The molecule has 0 saturated heterocycles. The summed E-state index contributed by atoms with van der Waals surface area (Å²) in [4.78, 5) is 0. The molecule has 1 atom stereocenters. The highest BCUT2D eigenvalue weighted by molar-refractivity contribution is 5.39. The molecule has 0 fully saturated rings. The van der Waals surface area contributed by atoms with E-state index in [2.05, 4.69) is 71.1 Å². The van der Waals surface area contributed by atoms with Gasteiger partial charge in [-0.15, -0.1) is 0 Å². The van der Waals surface area contributed by atoms with E-state index in [4.69, 9.17) is 5.73 Å². The summed E-state index contributed by atoms with van der Waals surface area (Å²) in [5.41, 5.74) is 9.86. The third kappa shape index (κ3) is 5.89. The van der Waals surface area contributed by atoms with Crippen molar-refractivity contribution in [3.63, 3.8) is 0 Å². The molecular formula is C20H31N. The van der Waals surface area contributed by atoms with Gasteiger partial charge in [0.2, 0.25) is 0 Å². The van der Waals surface area contributed by atoms with E-state index in [9.17, 15) is 0 Å². The van der Waals surface area contributed by atoms with Crippen LogP contribution in [0.3, 0.4) is 0 Å². The molecule has 0 bridgehead atoms. The van der Waals surface area contributed by atoms with E-state index in [1.165, 1.54) is 16.7 Å². The number of rotatable bonds is 6. The van der Waals surface area contributed by atoms with Crippen molar-refractivity contribution < 1.29 is 0 Å². The average molecular weight is 285 g/mol. The molecule has 0 heterocycles. The van der Waals surface area contributed by atoms with Gasteiger partial charge in [-0.3, -0.25) is 0 Å². The van der Waals surface area contributed by atoms with Gasteiger partial charge < -0.3 is 5.73 Å². The van der Waals surface area contributed by atoms with Gasteiger partial charge in [-0.25, -0.2) is 0 Å². The minimum Gasteiger partial charge on any atom is -0.327 e. The highest BCUT2D eigenvalue weighted by atomic mass is 14.5. The minimum absolute atomic E-state index is 0.255. The van der Waals surface area contributed by atoms with Crippen LogP contribution >= 0.6 is 0 Å². The fourth-order valence-corrected chi connectivity index (χ4v) is 2.68. The first-order valence-electron chi connectivity index (χ1n) is 7.96. The number of hydrogen-bond acceptors (Lipinski definition) is 1. The second-order valence-corrected chi connectivity index (χ2v) is 6.75. The number of allylic oxidation sites excluding steroid dienone is 9. The van der Waals surface area contributed by atoms with Gasteiger partial charge in [0.15, 0.2) is 0 Å². The average Bonchev–Trinajstić information content (AvgIpc) is 2.37. The van der Waals surface area contributed by atoms with E-state index in [0.29, 0.717) is 12.5 Å². The lowest BCUT2D eigenvalue weighted by Crippen LogP contribution is -2.16. The van der Waals surface area contributed by atoms with Gasteiger partial charge in [0.05, 0.1) is 0 Å². The molecule has 1 nitrogen and oxygen atoms in total. The Hall–Kier alpha value is -1.34. The molecule has 0 aromatic rings. The Morgan fingerprint density at radius 2 is 2.14 bits per heavy atom. The van der Waals surface area contributed by atoms with Crippen molar-refractivity contribution in [2.24, 2.45) is 17.1 Å². The first-order chi connectivity index (χ1) is 9.86. The zero-order valence-corrected chi connectivity index (χ0v) is 14.3. The fourth-order valence-electron chi connectivity index (χ4n) is 2.68. The molecule has 1 aliphatic carbocycles. The maximum absolute atomic E-state index is 5.50. The van der Waals surface area contributed by atoms with Gasteiger partial charge in [-0.2, -0.15) is 0 Å². The summed E-state index contributed by atoms with van der Waals surface area (Å²) in [6.07, 6.45) is 17.8. The molecule has 0 radical (unpaired) electrons. The highest BCUT2D eigenvalue weighted by Crippen LogP contribution is 2.37. The lowest BCUT2D eigenvalue weighted by molar-refractivity contribution is 0.455.